The highest BCUT2D eigenvalue weighted by Crippen LogP contribution is 2.37. The minimum absolute atomic E-state index is 0.189. The third-order valence-corrected chi connectivity index (χ3v) is 7.31. The average Bonchev–Trinajstić information content (AvgIpc) is 3.33. The maximum absolute atomic E-state index is 13.1. The number of ether oxygens (including phenoxy) is 1. The van der Waals surface area contributed by atoms with E-state index in [2.05, 4.69) is 40.6 Å². The molecule has 2 aliphatic rings. The topological polar surface area (TPSA) is 83.5 Å². The summed E-state index contributed by atoms with van der Waals surface area (Å²) in [6.45, 7) is 14.8. The van der Waals surface area contributed by atoms with Gasteiger partial charge in [0.1, 0.15) is 21.9 Å². The largest absolute Gasteiger partial charge is 0.489 e. The number of rotatable bonds is 2. The number of aromatic amines is 1. The number of thiophene rings is 1. The van der Waals surface area contributed by atoms with E-state index in [4.69, 9.17) is 4.74 Å². The smallest absolute Gasteiger partial charge is 0.330 e. The summed E-state index contributed by atoms with van der Waals surface area (Å²) >= 11 is 1.32. The van der Waals surface area contributed by atoms with Crippen molar-refractivity contribution in [2.24, 2.45) is 0 Å². The molecular formula is C27H36BN5O3S. The first-order valence-corrected chi connectivity index (χ1v) is 13.7. The summed E-state index contributed by atoms with van der Waals surface area (Å²) in [6, 6.07) is 10.0. The first-order chi connectivity index (χ1) is 18.1. The summed E-state index contributed by atoms with van der Waals surface area (Å²) in [4.78, 5) is 38.5. The van der Waals surface area contributed by atoms with Gasteiger partial charge in [-0.3, -0.25) is 9.69 Å². The number of nitrogens with zero attached hydrogens (tertiary/aromatic N) is 4. The summed E-state index contributed by atoms with van der Waals surface area (Å²) in [5, 5.41) is 0.811. The minimum atomic E-state index is -0.385. The summed E-state index contributed by atoms with van der Waals surface area (Å²) in [5.74, 6) is 0.932. The van der Waals surface area contributed by atoms with Crippen LogP contribution in [0.4, 0.5) is 5.69 Å². The van der Waals surface area contributed by atoms with Gasteiger partial charge >= 0.3 is 5.69 Å². The Kier molecular flexibility index (Phi) is 9.94. The number of anilines is 1. The van der Waals surface area contributed by atoms with Crippen molar-refractivity contribution in [3.8, 4) is 5.75 Å². The van der Waals surface area contributed by atoms with Crippen molar-refractivity contribution in [2.75, 3.05) is 31.1 Å². The van der Waals surface area contributed by atoms with Gasteiger partial charge in [0.2, 0.25) is 0 Å². The van der Waals surface area contributed by atoms with Crippen LogP contribution in [0, 0.1) is 6.92 Å². The van der Waals surface area contributed by atoms with E-state index in [-0.39, 0.29) is 24.0 Å². The number of piperazine rings is 1. The van der Waals surface area contributed by atoms with E-state index < -0.39 is 0 Å². The molecule has 1 unspecified atom stereocenters. The van der Waals surface area contributed by atoms with Gasteiger partial charge in [-0.25, -0.2) is 14.3 Å². The zero-order valence-electron chi connectivity index (χ0n) is 22.6. The molecule has 5 heterocycles. The van der Waals surface area contributed by atoms with Crippen LogP contribution in [0.25, 0.3) is 20.4 Å². The normalized spacial score (nSPS) is 16.2. The molecule has 1 saturated heterocycles. The van der Waals surface area contributed by atoms with Crippen LogP contribution in [0.3, 0.4) is 0 Å². The van der Waals surface area contributed by atoms with Gasteiger partial charge in [-0.2, -0.15) is 0 Å². The van der Waals surface area contributed by atoms with Crippen molar-refractivity contribution >= 4 is 45.3 Å². The van der Waals surface area contributed by atoms with Crippen LogP contribution in [-0.4, -0.2) is 59.6 Å². The molecule has 3 aromatic heterocycles. The summed E-state index contributed by atoms with van der Waals surface area (Å²) in [6.07, 6.45) is 1.69. The molecule has 10 heteroatoms. The molecule has 1 fully saturated rings. The number of aromatic nitrogens is 3. The Labute approximate surface area is 223 Å². The molecule has 6 rings (SSSR count). The van der Waals surface area contributed by atoms with Gasteiger partial charge < -0.3 is 14.6 Å². The lowest BCUT2D eigenvalue weighted by Crippen LogP contribution is -2.58. The highest BCUT2D eigenvalue weighted by molar-refractivity contribution is 7.25. The molecule has 1 N–H and O–H groups in total. The maximum atomic E-state index is 13.1. The number of hydrogen-bond acceptors (Lipinski definition) is 7. The highest BCUT2D eigenvalue weighted by atomic mass is 32.1. The zero-order chi connectivity index (χ0) is 27.1. The first kappa shape index (κ1) is 28.5. The number of hydrogen-bond donors (Lipinski definition) is 1. The lowest BCUT2D eigenvalue weighted by Gasteiger charge is -2.46. The van der Waals surface area contributed by atoms with Crippen LogP contribution in [0.15, 0.2) is 46.1 Å². The second kappa shape index (κ2) is 12.9. The molecular weight excluding hydrogens is 485 g/mol. The predicted octanol–water partition coefficient (Wildman–Crippen LogP) is 4.40. The van der Waals surface area contributed by atoms with Crippen molar-refractivity contribution in [3.63, 3.8) is 0 Å². The molecule has 1 atom stereocenters. The molecule has 4 aromatic rings. The molecule has 2 radical (unpaired) electrons. The van der Waals surface area contributed by atoms with Crippen LogP contribution >= 0.6 is 11.3 Å². The van der Waals surface area contributed by atoms with E-state index in [0.717, 1.165) is 41.3 Å². The summed E-state index contributed by atoms with van der Waals surface area (Å²) in [7, 11) is 4.50. The lowest BCUT2D eigenvalue weighted by atomic mass is 10.1. The lowest BCUT2D eigenvalue weighted by molar-refractivity contribution is 0.137. The van der Waals surface area contributed by atoms with E-state index >= 15 is 0 Å². The van der Waals surface area contributed by atoms with Gasteiger partial charge in [0, 0.05) is 31.2 Å². The van der Waals surface area contributed by atoms with Crippen LogP contribution < -0.4 is 20.9 Å². The SMILES string of the molecule is CC.CC.Cc1cccc2c1N1CCN(Cn3c(=O)[nH]c4c(sc5ncccc54)c3=O)CC1CO2.[B]C. The van der Waals surface area contributed by atoms with Crippen LogP contribution in [0.2, 0.25) is 6.82 Å². The Morgan fingerprint density at radius 3 is 2.62 bits per heavy atom. The maximum Gasteiger partial charge on any atom is 0.330 e. The first-order valence-electron chi connectivity index (χ1n) is 12.9. The van der Waals surface area contributed by atoms with Gasteiger partial charge in [-0.05, 0) is 30.7 Å². The molecule has 196 valence electrons. The molecule has 0 aliphatic carbocycles. The summed E-state index contributed by atoms with van der Waals surface area (Å²) in [5.41, 5.74) is 2.30. The number of aryl methyl sites for hydroxylation is 1. The van der Waals surface area contributed by atoms with Crippen molar-refractivity contribution < 1.29 is 4.74 Å². The van der Waals surface area contributed by atoms with Crippen LogP contribution in [0.5, 0.6) is 5.75 Å². The second-order valence-corrected chi connectivity index (χ2v) is 9.12. The van der Waals surface area contributed by atoms with E-state index in [9.17, 15) is 9.59 Å². The number of benzene rings is 1. The highest BCUT2D eigenvalue weighted by Gasteiger charge is 2.34. The van der Waals surface area contributed by atoms with E-state index in [1.165, 1.54) is 28.3 Å². The standard InChI is InChI=1S/C22H21N5O3S.2C2H6.CH3B/c1-13-4-2-6-16-18(13)26-9-8-25(10-14(26)11-30-16)12-27-21(28)19-17(24-22(27)29)15-5-3-7-23-20(15)31-19;3*1-2/h2-7,14H,8-12H2,1H3,(H,24,29);2*1-2H3;1H3. The Morgan fingerprint density at radius 2 is 1.86 bits per heavy atom. The average molecular weight is 521 g/mol. The zero-order valence-corrected chi connectivity index (χ0v) is 23.4. The van der Waals surface area contributed by atoms with Gasteiger partial charge in [-0.1, -0.05) is 46.7 Å². The van der Waals surface area contributed by atoms with Gasteiger partial charge in [0.05, 0.1) is 31.8 Å². The van der Waals surface area contributed by atoms with Crippen molar-refractivity contribution in [3.05, 3.63) is 62.9 Å². The van der Waals surface area contributed by atoms with E-state index in [1.807, 2.05) is 52.0 Å². The molecule has 1 aromatic carbocycles. The fourth-order valence-corrected chi connectivity index (χ4v) is 5.76. The fraction of sp³-hybridized carbons (Fsp3) is 0.444. The fourth-order valence-electron chi connectivity index (χ4n) is 4.71. The second-order valence-electron chi connectivity index (χ2n) is 8.12. The molecule has 0 spiro atoms. The van der Waals surface area contributed by atoms with Crippen molar-refractivity contribution in [2.45, 2.75) is 54.2 Å². The Hall–Kier alpha value is -3.11. The number of pyridine rings is 1. The minimum Gasteiger partial charge on any atom is -0.489 e. The van der Waals surface area contributed by atoms with E-state index in [1.54, 1.807) is 6.20 Å². The van der Waals surface area contributed by atoms with E-state index in [0.29, 0.717) is 16.8 Å². The molecule has 8 nitrogen and oxygen atoms in total. The van der Waals surface area contributed by atoms with Gasteiger partial charge in [0.15, 0.2) is 0 Å². The molecule has 0 bridgehead atoms. The number of nitrogens with one attached hydrogen (secondary N) is 1. The Morgan fingerprint density at radius 1 is 1.11 bits per heavy atom. The molecule has 0 amide bonds. The number of fused-ring (bicyclic) bond motifs is 6. The summed E-state index contributed by atoms with van der Waals surface area (Å²) < 4.78 is 7.84. The Bertz CT molecular complexity index is 1450. The molecule has 0 saturated carbocycles. The molecule has 2 aliphatic heterocycles. The Balaban J connectivity index is 0.000000593. The van der Waals surface area contributed by atoms with Crippen LogP contribution in [-0.2, 0) is 6.67 Å². The number of para-hydroxylation sites is 1. The molecule has 37 heavy (non-hydrogen) atoms. The monoisotopic (exact) mass is 521 g/mol. The number of H-pyrrole nitrogens is 1. The van der Waals surface area contributed by atoms with Gasteiger partial charge in [0.25, 0.3) is 5.56 Å². The third-order valence-electron chi connectivity index (χ3n) is 6.21. The van der Waals surface area contributed by atoms with Gasteiger partial charge in [-0.15, -0.1) is 11.3 Å². The third kappa shape index (κ3) is 5.45. The predicted molar refractivity (Wildman–Crippen MR) is 156 cm³/mol. The van der Waals surface area contributed by atoms with Crippen LogP contribution in [0.1, 0.15) is 33.3 Å². The van der Waals surface area contributed by atoms with Crippen molar-refractivity contribution in [1.82, 2.24) is 19.4 Å². The van der Waals surface area contributed by atoms with Crippen molar-refractivity contribution in [1.29, 1.82) is 0 Å². The quantitative estimate of drug-likeness (QED) is 0.394.